The summed E-state index contributed by atoms with van der Waals surface area (Å²) in [6, 6.07) is 10.5. The molecule has 0 aliphatic carbocycles. The Morgan fingerprint density at radius 3 is 1.68 bits per heavy atom. The molecular weight excluding hydrogens is 1040 g/mol. The number of phenols is 4. The number of phenolic OH excluding ortho intramolecular Hbond substituents is 4. The zero-order valence-corrected chi connectivity index (χ0v) is 39.7. The van der Waals surface area contributed by atoms with Crippen molar-refractivity contribution in [3.8, 4) is 45.8 Å². The van der Waals surface area contributed by atoms with Gasteiger partial charge >= 0.3 is 5.97 Å². The van der Waals surface area contributed by atoms with Crippen molar-refractivity contribution in [2.75, 3.05) is 26.4 Å². The Labute approximate surface area is 432 Å². The molecule has 4 aliphatic rings. The van der Waals surface area contributed by atoms with Crippen molar-refractivity contribution in [2.45, 2.75) is 123 Å². The Kier molecular flexibility index (Phi) is 17.9. The summed E-state index contributed by atoms with van der Waals surface area (Å²) < 4.78 is 57.4. The molecule has 0 radical (unpaired) electrons. The number of ether oxygens (including phenoxy) is 9. The van der Waals surface area contributed by atoms with Crippen LogP contribution in [-0.4, -0.2) is 242 Å². The predicted octanol–water partition coefficient (Wildman–Crippen LogP) is -5.45. The smallest absolute Gasteiger partial charge is 0.330 e. The molecule has 3 aromatic carbocycles. The molecular formula is C48H56O29. The van der Waals surface area contributed by atoms with E-state index in [9.17, 15) is 96.4 Å². The Morgan fingerprint density at radius 1 is 0.532 bits per heavy atom. The van der Waals surface area contributed by atoms with Gasteiger partial charge in [-0.2, -0.15) is 0 Å². The van der Waals surface area contributed by atoms with Gasteiger partial charge in [-0.05, 0) is 42.0 Å². The molecule has 422 valence electrons. The summed E-state index contributed by atoms with van der Waals surface area (Å²) in [6.45, 7) is -3.65. The molecule has 4 saturated heterocycles. The molecule has 8 rings (SSSR count). The number of carbonyl (C=O) groups is 1. The summed E-state index contributed by atoms with van der Waals surface area (Å²) in [5.41, 5.74) is -1.53. The van der Waals surface area contributed by atoms with Crippen molar-refractivity contribution in [1.82, 2.24) is 0 Å². The van der Waals surface area contributed by atoms with E-state index in [1.54, 1.807) is 0 Å². The predicted molar refractivity (Wildman–Crippen MR) is 248 cm³/mol. The van der Waals surface area contributed by atoms with Crippen molar-refractivity contribution >= 4 is 23.0 Å². The fourth-order valence-electron chi connectivity index (χ4n) is 8.75. The van der Waals surface area contributed by atoms with E-state index in [2.05, 4.69) is 0 Å². The zero-order valence-electron chi connectivity index (χ0n) is 39.7. The van der Waals surface area contributed by atoms with Crippen molar-refractivity contribution in [3.05, 3.63) is 76.5 Å². The maximum Gasteiger partial charge on any atom is 0.330 e. The van der Waals surface area contributed by atoms with Crippen LogP contribution >= 0.6 is 0 Å². The number of aliphatic hydroxyl groups is 13. The molecule has 0 saturated carbocycles. The van der Waals surface area contributed by atoms with Gasteiger partial charge in [-0.1, -0.05) is 12.1 Å². The Balaban J connectivity index is 1.11. The van der Waals surface area contributed by atoms with Crippen molar-refractivity contribution in [3.63, 3.8) is 0 Å². The van der Waals surface area contributed by atoms with Gasteiger partial charge in [0.25, 0.3) is 0 Å². The van der Waals surface area contributed by atoms with Crippen LogP contribution < -0.4 is 14.9 Å². The third kappa shape index (κ3) is 11.9. The maximum atomic E-state index is 14.6. The van der Waals surface area contributed by atoms with E-state index >= 15 is 0 Å². The van der Waals surface area contributed by atoms with Gasteiger partial charge in [-0.3, -0.25) is 4.79 Å². The maximum absolute atomic E-state index is 14.6. The molecule has 0 spiro atoms. The lowest BCUT2D eigenvalue weighted by molar-refractivity contribution is -0.389. The van der Waals surface area contributed by atoms with Gasteiger partial charge in [0.05, 0.1) is 19.8 Å². The fourth-order valence-corrected chi connectivity index (χ4v) is 8.75. The minimum atomic E-state index is -2.24. The summed E-state index contributed by atoms with van der Waals surface area (Å²) >= 11 is 0. The SMILES string of the molecule is O=C(C=Cc1ccc(O)cc1)OC[C@H]1O[C@@H](O[C@@H]2[C@@H](O[C@H]3[C@H](Oc4c(-c5ccc(O)c(O)c5)oc5cc(O[C@H]6O[C@@H](CO)[C@@H](O)[C@H](O)[C@@H]6O)cc(O)c5c4=O)O[C@@H](CO)[C@@H](O)[C@H]3O)O[C@@H](CO)[C@@H](O)[C@H]2O)[C@@H](O)[C@@H](O)[C@H]1O. The van der Waals surface area contributed by atoms with Crippen LogP contribution in [-0.2, 0) is 38.0 Å². The van der Waals surface area contributed by atoms with Crippen LogP contribution in [0.1, 0.15) is 5.56 Å². The lowest BCUT2D eigenvalue weighted by Gasteiger charge is -2.48. The first-order valence-corrected chi connectivity index (χ1v) is 23.5. The van der Waals surface area contributed by atoms with Crippen LogP contribution in [0.5, 0.6) is 34.5 Å². The molecule has 20 atom stereocenters. The minimum Gasteiger partial charge on any atom is -0.508 e. The quantitative estimate of drug-likeness (QED) is 0.0283. The highest BCUT2D eigenvalue weighted by Gasteiger charge is 2.55. The second kappa shape index (κ2) is 24.0. The van der Waals surface area contributed by atoms with Crippen molar-refractivity contribution in [1.29, 1.82) is 0 Å². The molecule has 0 amide bonds. The highest BCUT2D eigenvalue weighted by molar-refractivity contribution is 5.89. The highest BCUT2D eigenvalue weighted by Crippen LogP contribution is 2.41. The summed E-state index contributed by atoms with van der Waals surface area (Å²) in [4.78, 5) is 27.2. The Hall–Kier alpha value is -5.88. The molecule has 77 heavy (non-hydrogen) atoms. The molecule has 17 N–H and O–H groups in total. The number of aliphatic hydroxyl groups excluding tert-OH is 13. The topological polar surface area (TPSA) is 474 Å². The number of aromatic hydroxyl groups is 4. The number of benzene rings is 3. The van der Waals surface area contributed by atoms with Crippen LogP contribution in [0.15, 0.2) is 69.9 Å². The summed E-state index contributed by atoms with van der Waals surface area (Å²) in [5.74, 6) is -5.30. The first-order valence-electron chi connectivity index (χ1n) is 23.5. The van der Waals surface area contributed by atoms with Gasteiger partial charge in [0, 0.05) is 23.8 Å². The monoisotopic (exact) mass is 1100 g/mol. The third-order valence-corrected chi connectivity index (χ3v) is 13.1. The number of carbonyl (C=O) groups excluding carboxylic acids is 1. The minimum absolute atomic E-state index is 0.0288. The second-order valence-corrected chi connectivity index (χ2v) is 18.2. The molecule has 4 aliphatic heterocycles. The van der Waals surface area contributed by atoms with E-state index in [-0.39, 0.29) is 11.3 Å². The first kappa shape index (κ1) is 57.3. The molecule has 1 aromatic heterocycles. The average molecular weight is 1100 g/mol. The number of hydrogen-bond acceptors (Lipinski definition) is 29. The summed E-state index contributed by atoms with van der Waals surface area (Å²) in [6.07, 6.45) is -37.1. The van der Waals surface area contributed by atoms with Crippen molar-refractivity contribution in [2.24, 2.45) is 0 Å². The van der Waals surface area contributed by atoms with Crippen LogP contribution in [0, 0.1) is 0 Å². The number of hydrogen-bond donors (Lipinski definition) is 17. The molecule has 29 heteroatoms. The third-order valence-electron chi connectivity index (χ3n) is 13.1. The Morgan fingerprint density at radius 2 is 1.06 bits per heavy atom. The van der Waals surface area contributed by atoms with Gasteiger partial charge in [-0.25, -0.2) is 4.79 Å². The van der Waals surface area contributed by atoms with E-state index in [0.717, 1.165) is 36.4 Å². The van der Waals surface area contributed by atoms with Crippen LogP contribution in [0.25, 0.3) is 28.4 Å². The van der Waals surface area contributed by atoms with E-state index in [1.807, 2.05) is 0 Å². The van der Waals surface area contributed by atoms with Crippen LogP contribution in [0.3, 0.4) is 0 Å². The molecule has 5 heterocycles. The van der Waals surface area contributed by atoms with Gasteiger partial charge in [-0.15, -0.1) is 0 Å². The lowest BCUT2D eigenvalue weighted by Crippen LogP contribution is -2.67. The zero-order chi connectivity index (χ0) is 55.7. The highest BCUT2D eigenvalue weighted by atomic mass is 16.8. The molecule has 4 aromatic rings. The van der Waals surface area contributed by atoms with E-state index in [0.29, 0.717) is 5.56 Å². The number of esters is 1. The van der Waals surface area contributed by atoms with Crippen molar-refractivity contribution < 1.29 is 139 Å². The van der Waals surface area contributed by atoms with Gasteiger partial charge < -0.3 is 134 Å². The first-order chi connectivity index (χ1) is 36.6. The van der Waals surface area contributed by atoms with Crippen LogP contribution in [0.4, 0.5) is 0 Å². The van der Waals surface area contributed by atoms with Gasteiger partial charge in [0.15, 0.2) is 35.9 Å². The molecule has 29 nitrogen and oxygen atoms in total. The van der Waals surface area contributed by atoms with Gasteiger partial charge in [0.1, 0.15) is 126 Å². The lowest BCUT2D eigenvalue weighted by atomic mass is 9.96. The standard InChI is InChI=1S/C48H56O29/c49-12-24-30(57)35(62)39(66)45(71-24)69-19-10-22(55)29-23(11-19)70-41(17-4-7-20(53)21(54)9-17)42(34(29)61)75-47-44(38(65)32(59)25(13-50)72-47)77-48-43(37(64)31(58)26(14-51)73-48)76-46-40(67)36(63)33(60)27(74-46)15-68-28(56)8-3-16-1-5-18(52)6-2-16/h1-11,24-27,30-33,35-40,43-55,57-60,62-67H,12-15H2/t24-,25-,26-,27+,30+,31+,32+,33-,35-,36-,37+,38+,39-,40-,43-,44+,45-,46-,47-,48+/m0/s1. The van der Waals surface area contributed by atoms with E-state index < -0.39 is 206 Å². The second-order valence-electron chi connectivity index (χ2n) is 18.2. The van der Waals surface area contributed by atoms with Crippen LogP contribution in [0.2, 0.25) is 0 Å². The normalized spacial score (nSPS) is 35.7. The summed E-state index contributed by atoms with van der Waals surface area (Å²) in [7, 11) is 0. The average Bonchev–Trinajstić information content (AvgIpc) is 3.43. The van der Waals surface area contributed by atoms with E-state index in [4.69, 9.17) is 47.0 Å². The molecule has 4 fully saturated rings. The van der Waals surface area contributed by atoms with Gasteiger partial charge in [0.2, 0.25) is 23.8 Å². The Bertz CT molecular complexity index is 2750. The molecule has 0 bridgehead atoms. The fraction of sp³-hybridized carbons (Fsp3) is 0.500. The molecule has 0 unspecified atom stereocenters. The van der Waals surface area contributed by atoms with E-state index in [1.165, 1.54) is 30.3 Å². The number of rotatable bonds is 16. The summed E-state index contributed by atoms with van der Waals surface area (Å²) in [5, 5.41) is 180. The number of fused-ring (bicyclic) bond motifs is 1. The largest absolute Gasteiger partial charge is 0.508 e.